The molecule has 0 bridgehead atoms. The van der Waals surface area contributed by atoms with Crippen LogP contribution < -0.4 is 5.73 Å². The highest BCUT2D eigenvalue weighted by molar-refractivity contribution is 5.81. The lowest BCUT2D eigenvalue weighted by atomic mass is 9.84. The Morgan fingerprint density at radius 2 is 2.17 bits per heavy atom. The van der Waals surface area contributed by atoms with Crippen LogP contribution in [0.15, 0.2) is 18.2 Å². The SMILES string of the molecule is CCC(C)C(C(=O)O)c1cccc([N+](=O)[O-])c1N. The van der Waals surface area contributed by atoms with Crippen LogP contribution in [-0.2, 0) is 4.79 Å². The summed E-state index contributed by atoms with van der Waals surface area (Å²) in [6.45, 7) is 3.66. The van der Waals surface area contributed by atoms with Gasteiger partial charge in [-0.3, -0.25) is 14.9 Å². The number of carboxylic acids is 1. The monoisotopic (exact) mass is 252 g/mol. The van der Waals surface area contributed by atoms with Gasteiger partial charge in [0.25, 0.3) is 5.69 Å². The zero-order valence-electron chi connectivity index (χ0n) is 10.3. The molecule has 98 valence electrons. The van der Waals surface area contributed by atoms with Gasteiger partial charge in [0.1, 0.15) is 5.69 Å². The summed E-state index contributed by atoms with van der Waals surface area (Å²) in [6.07, 6.45) is 0.652. The number of nitro groups is 1. The second-order valence-electron chi connectivity index (χ2n) is 4.24. The normalized spacial score (nSPS) is 13.9. The summed E-state index contributed by atoms with van der Waals surface area (Å²) in [4.78, 5) is 21.5. The maximum atomic E-state index is 11.3. The van der Waals surface area contributed by atoms with E-state index in [-0.39, 0.29) is 17.3 Å². The minimum absolute atomic E-state index is 0.0600. The minimum Gasteiger partial charge on any atom is -0.481 e. The van der Waals surface area contributed by atoms with E-state index in [9.17, 15) is 20.0 Å². The molecule has 0 radical (unpaired) electrons. The van der Waals surface area contributed by atoms with Gasteiger partial charge in [-0.25, -0.2) is 0 Å². The number of hydrogen-bond acceptors (Lipinski definition) is 4. The van der Waals surface area contributed by atoms with Crippen LogP contribution >= 0.6 is 0 Å². The van der Waals surface area contributed by atoms with Crippen molar-refractivity contribution in [2.75, 3.05) is 5.73 Å². The maximum Gasteiger partial charge on any atom is 0.311 e. The third-order valence-electron chi connectivity index (χ3n) is 3.13. The first-order chi connectivity index (χ1) is 8.40. The fourth-order valence-electron chi connectivity index (χ4n) is 1.92. The first-order valence-electron chi connectivity index (χ1n) is 5.65. The molecule has 6 heteroatoms. The molecule has 0 aliphatic heterocycles. The number of nitro benzene ring substituents is 1. The second-order valence-corrected chi connectivity index (χ2v) is 4.24. The molecule has 1 aromatic carbocycles. The molecule has 0 heterocycles. The lowest BCUT2D eigenvalue weighted by molar-refractivity contribution is -0.384. The van der Waals surface area contributed by atoms with Gasteiger partial charge in [0.05, 0.1) is 10.8 Å². The van der Waals surface area contributed by atoms with Crippen LogP contribution in [0.25, 0.3) is 0 Å². The summed E-state index contributed by atoms with van der Waals surface area (Å²) in [5.41, 5.74) is 5.71. The predicted octanol–water partition coefficient (Wildman–Crippen LogP) is 2.39. The topological polar surface area (TPSA) is 106 Å². The van der Waals surface area contributed by atoms with Gasteiger partial charge in [0, 0.05) is 6.07 Å². The first kappa shape index (κ1) is 14.0. The fraction of sp³-hybridized carbons (Fsp3) is 0.417. The number of rotatable bonds is 5. The average molecular weight is 252 g/mol. The van der Waals surface area contributed by atoms with Crippen molar-refractivity contribution < 1.29 is 14.8 Å². The highest BCUT2D eigenvalue weighted by atomic mass is 16.6. The van der Waals surface area contributed by atoms with E-state index in [1.807, 2.05) is 6.92 Å². The van der Waals surface area contributed by atoms with Crippen molar-refractivity contribution in [1.29, 1.82) is 0 Å². The maximum absolute atomic E-state index is 11.3. The molecule has 3 N–H and O–H groups in total. The molecule has 0 saturated heterocycles. The van der Waals surface area contributed by atoms with E-state index < -0.39 is 16.8 Å². The van der Waals surface area contributed by atoms with E-state index in [1.165, 1.54) is 18.2 Å². The van der Waals surface area contributed by atoms with E-state index in [4.69, 9.17) is 5.73 Å². The predicted molar refractivity (Wildman–Crippen MR) is 67.3 cm³/mol. The molecule has 0 aliphatic rings. The largest absolute Gasteiger partial charge is 0.481 e. The zero-order valence-corrected chi connectivity index (χ0v) is 10.3. The number of anilines is 1. The van der Waals surface area contributed by atoms with Crippen molar-refractivity contribution in [2.45, 2.75) is 26.2 Å². The highest BCUT2D eigenvalue weighted by Crippen LogP contribution is 2.35. The van der Waals surface area contributed by atoms with Crippen LogP contribution in [-0.4, -0.2) is 16.0 Å². The molecule has 0 aliphatic carbocycles. The van der Waals surface area contributed by atoms with Crippen molar-refractivity contribution in [1.82, 2.24) is 0 Å². The van der Waals surface area contributed by atoms with Gasteiger partial charge >= 0.3 is 5.97 Å². The van der Waals surface area contributed by atoms with Crippen LogP contribution in [0.5, 0.6) is 0 Å². The fourth-order valence-corrected chi connectivity index (χ4v) is 1.92. The molecule has 0 amide bonds. The van der Waals surface area contributed by atoms with Gasteiger partial charge in [-0.05, 0) is 11.5 Å². The van der Waals surface area contributed by atoms with E-state index in [0.717, 1.165) is 0 Å². The number of carbonyl (C=O) groups is 1. The molecule has 18 heavy (non-hydrogen) atoms. The van der Waals surface area contributed by atoms with Crippen LogP contribution in [0.4, 0.5) is 11.4 Å². The lowest BCUT2D eigenvalue weighted by Crippen LogP contribution is -2.20. The number of nitrogens with two attached hydrogens (primary N) is 1. The van der Waals surface area contributed by atoms with Gasteiger partial charge in [0.15, 0.2) is 0 Å². The number of nitrogen functional groups attached to an aromatic ring is 1. The molecule has 1 rings (SSSR count). The Bertz CT molecular complexity index is 473. The van der Waals surface area contributed by atoms with Gasteiger partial charge < -0.3 is 10.8 Å². The molecular weight excluding hydrogens is 236 g/mol. The van der Waals surface area contributed by atoms with Crippen LogP contribution in [0.1, 0.15) is 31.7 Å². The smallest absolute Gasteiger partial charge is 0.311 e. The Balaban J connectivity index is 3.33. The quantitative estimate of drug-likeness (QED) is 0.475. The Morgan fingerprint density at radius 1 is 1.56 bits per heavy atom. The molecular formula is C12H16N2O4. The average Bonchev–Trinajstić information content (AvgIpc) is 2.30. The second kappa shape index (κ2) is 5.48. The van der Waals surface area contributed by atoms with E-state index in [1.54, 1.807) is 6.92 Å². The van der Waals surface area contributed by atoms with E-state index in [2.05, 4.69) is 0 Å². The third-order valence-corrected chi connectivity index (χ3v) is 3.13. The van der Waals surface area contributed by atoms with Crippen molar-refractivity contribution in [2.24, 2.45) is 5.92 Å². The number of hydrogen-bond donors (Lipinski definition) is 2. The Morgan fingerprint density at radius 3 is 2.61 bits per heavy atom. The summed E-state index contributed by atoms with van der Waals surface area (Å²) in [7, 11) is 0. The number of carboxylic acid groups (broad SMARTS) is 1. The zero-order chi connectivity index (χ0) is 13.9. The standard InChI is InChI=1S/C12H16N2O4/c1-3-7(2)10(12(15)16)8-5-4-6-9(11(8)13)14(17)18/h4-7,10H,3,13H2,1-2H3,(H,15,16). The summed E-state index contributed by atoms with van der Waals surface area (Å²) < 4.78 is 0. The van der Waals surface area contributed by atoms with Gasteiger partial charge in [-0.15, -0.1) is 0 Å². The Labute approximate surface area is 105 Å². The summed E-state index contributed by atoms with van der Waals surface area (Å²) in [5.74, 6) is -1.99. The molecule has 2 unspecified atom stereocenters. The molecule has 0 spiro atoms. The van der Waals surface area contributed by atoms with Crippen LogP contribution in [0.3, 0.4) is 0 Å². The van der Waals surface area contributed by atoms with Gasteiger partial charge in [-0.1, -0.05) is 32.4 Å². The van der Waals surface area contributed by atoms with Gasteiger partial charge in [0.2, 0.25) is 0 Å². The van der Waals surface area contributed by atoms with Crippen molar-refractivity contribution in [3.8, 4) is 0 Å². The number of nitrogens with zero attached hydrogens (tertiary/aromatic N) is 1. The highest BCUT2D eigenvalue weighted by Gasteiger charge is 2.29. The van der Waals surface area contributed by atoms with Crippen molar-refractivity contribution in [3.05, 3.63) is 33.9 Å². The van der Waals surface area contributed by atoms with E-state index in [0.29, 0.717) is 12.0 Å². The van der Waals surface area contributed by atoms with Crippen LogP contribution in [0.2, 0.25) is 0 Å². The number of para-hydroxylation sites is 1. The lowest BCUT2D eigenvalue weighted by Gasteiger charge is -2.20. The molecule has 0 aromatic heterocycles. The van der Waals surface area contributed by atoms with E-state index >= 15 is 0 Å². The molecule has 2 atom stereocenters. The number of aliphatic carboxylic acids is 1. The number of benzene rings is 1. The molecule has 1 aromatic rings. The molecule has 0 saturated carbocycles. The third kappa shape index (κ3) is 2.58. The summed E-state index contributed by atoms with van der Waals surface area (Å²) in [5, 5.41) is 20.0. The Hall–Kier alpha value is -2.11. The van der Waals surface area contributed by atoms with Crippen LogP contribution in [0, 0.1) is 16.0 Å². The molecule has 0 fully saturated rings. The summed E-state index contributed by atoms with van der Waals surface area (Å²) in [6, 6.07) is 4.27. The molecule has 6 nitrogen and oxygen atoms in total. The first-order valence-corrected chi connectivity index (χ1v) is 5.65. The Kier molecular flexibility index (Phi) is 4.25. The minimum atomic E-state index is -1.02. The van der Waals surface area contributed by atoms with Crippen molar-refractivity contribution >= 4 is 17.3 Å². The summed E-state index contributed by atoms with van der Waals surface area (Å²) >= 11 is 0. The van der Waals surface area contributed by atoms with Crippen molar-refractivity contribution in [3.63, 3.8) is 0 Å². The van der Waals surface area contributed by atoms with Gasteiger partial charge in [-0.2, -0.15) is 0 Å².